The van der Waals surface area contributed by atoms with Crippen LogP contribution in [0.3, 0.4) is 0 Å². The van der Waals surface area contributed by atoms with Crippen LogP contribution in [0.2, 0.25) is 0 Å². The fourth-order valence-corrected chi connectivity index (χ4v) is 0.944. The van der Waals surface area contributed by atoms with E-state index in [9.17, 15) is 22.8 Å². The van der Waals surface area contributed by atoms with E-state index in [2.05, 4.69) is 5.84 Å². The van der Waals surface area contributed by atoms with Crippen LogP contribution in [-0.4, -0.2) is 36.0 Å². The van der Waals surface area contributed by atoms with E-state index in [0.717, 1.165) is 0 Å². The number of nitrogens with one attached hydrogen (secondary N) is 1. The predicted octanol–water partition coefficient (Wildman–Crippen LogP) is -0.223. The first-order valence-corrected chi connectivity index (χ1v) is 4.18. The maximum atomic E-state index is 12.0. The fraction of sp³-hybridized carbons (Fsp3) is 0.714. The van der Waals surface area contributed by atoms with E-state index in [0.29, 0.717) is 11.3 Å². The molecule has 0 fully saturated rings. The summed E-state index contributed by atoms with van der Waals surface area (Å²) >= 11 is 0. The van der Waals surface area contributed by atoms with Crippen LogP contribution < -0.4 is 11.3 Å². The third kappa shape index (κ3) is 5.21. The van der Waals surface area contributed by atoms with Crippen LogP contribution in [-0.2, 0) is 9.59 Å². The smallest absolute Gasteiger partial charge is 0.325 e. The standard InChI is InChI=1S/C7H12F3N3O2/c1-2-3-13(4-7(8,9)10)6(15)5(14)12-11/h2-4,11H2,1H3,(H,12,14). The Kier molecular flexibility index (Phi) is 5.06. The van der Waals surface area contributed by atoms with Crippen molar-refractivity contribution in [2.75, 3.05) is 13.1 Å². The third-order valence-electron chi connectivity index (χ3n) is 1.48. The molecule has 15 heavy (non-hydrogen) atoms. The lowest BCUT2D eigenvalue weighted by Crippen LogP contribution is -2.48. The van der Waals surface area contributed by atoms with E-state index in [4.69, 9.17) is 0 Å². The summed E-state index contributed by atoms with van der Waals surface area (Å²) < 4.78 is 36.0. The first-order chi connectivity index (χ1) is 6.81. The minimum Gasteiger partial charge on any atom is -0.325 e. The molecule has 0 aliphatic carbocycles. The summed E-state index contributed by atoms with van der Waals surface area (Å²) in [6.45, 7) is -0.00411. The summed E-state index contributed by atoms with van der Waals surface area (Å²) in [7, 11) is 0. The van der Waals surface area contributed by atoms with Gasteiger partial charge in [-0.15, -0.1) is 0 Å². The van der Waals surface area contributed by atoms with Gasteiger partial charge in [-0.3, -0.25) is 15.0 Å². The first kappa shape index (κ1) is 13.7. The van der Waals surface area contributed by atoms with Crippen molar-refractivity contribution >= 4 is 11.8 Å². The molecule has 0 aromatic heterocycles. The highest BCUT2D eigenvalue weighted by Crippen LogP contribution is 2.16. The number of amides is 2. The van der Waals surface area contributed by atoms with E-state index in [-0.39, 0.29) is 6.54 Å². The molecule has 0 radical (unpaired) electrons. The lowest BCUT2D eigenvalue weighted by Gasteiger charge is -2.22. The zero-order chi connectivity index (χ0) is 12.1. The molecular weight excluding hydrogens is 215 g/mol. The lowest BCUT2D eigenvalue weighted by molar-refractivity contribution is -0.164. The van der Waals surface area contributed by atoms with Crippen molar-refractivity contribution in [3.05, 3.63) is 0 Å². The summed E-state index contributed by atoms with van der Waals surface area (Å²) in [5, 5.41) is 0. The van der Waals surface area contributed by atoms with Crippen molar-refractivity contribution in [3.8, 4) is 0 Å². The molecule has 0 aliphatic rings. The van der Waals surface area contributed by atoms with Gasteiger partial charge in [0.1, 0.15) is 6.54 Å². The molecule has 0 bridgehead atoms. The average Bonchev–Trinajstić information content (AvgIpc) is 2.13. The molecule has 0 rings (SSSR count). The SMILES string of the molecule is CCCN(CC(F)(F)F)C(=O)C(=O)NN. The number of alkyl halides is 3. The Hall–Kier alpha value is -1.31. The highest BCUT2D eigenvalue weighted by Gasteiger charge is 2.34. The number of nitrogens with two attached hydrogens (primary N) is 1. The number of carbonyl (C=O) groups excluding carboxylic acids is 2. The molecule has 0 spiro atoms. The second kappa shape index (κ2) is 5.54. The van der Waals surface area contributed by atoms with Gasteiger partial charge in [0.15, 0.2) is 0 Å². The van der Waals surface area contributed by atoms with Gasteiger partial charge in [0, 0.05) is 6.54 Å². The topological polar surface area (TPSA) is 75.4 Å². The largest absolute Gasteiger partial charge is 0.406 e. The highest BCUT2D eigenvalue weighted by molar-refractivity contribution is 6.34. The molecule has 0 aromatic rings. The molecule has 0 unspecified atom stereocenters. The minimum absolute atomic E-state index is 0.147. The quantitative estimate of drug-likeness (QED) is 0.303. The number of hydrazine groups is 1. The molecule has 0 atom stereocenters. The molecule has 0 aromatic carbocycles. The van der Waals surface area contributed by atoms with Crippen molar-refractivity contribution in [2.24, 2.45) is 5.84 Å². The van der Waals surface area contributed by atoms with Gasteiger partial charge in [0.2, 0.25) is 0 Å². The molecule has 8 heteroatoms. The van der Waals surface area contributed by atoms with Crippen LogP contribution in [0.15, 0.2) is 0 Å². The van der Waals surface area contributed by atoms with Crippen molar-refractivity contribution in [3.63, 3.8) is 0 Å². The zero-order valence-electron chi connectivity index (χ0n) is 8.10. The van der Waals surface area contributed by atoms with Gasteiger partial charge in [-0.05, 0) is 6.42 Å². The Labute approximate surface area is 84.4 Å². The molecule has 2 amide bonds. The van der Waals surface area contributed by atoms with Crippen LogP contribution in [0.1, 0.15) is 13.3 Å². The highest BCUT2D eigenvalue weighted by atomic mass is 19.4. The summed E-state index contributed by atoms with van der Waals surface area (Å²) in [4.78, 5) is 22.2. The summed E-state index contributed by atoms with van der Waals surface area (Å²) in [6.07, 6.45) is -4.21. The maximum absolute atomic E-state index is 12.0. The molecule has 88 valence electrons. The van der Waals surface area contributed by atoms with E-state index >= 15 is 0 Å². The van der Waals surface area contributed by atoms with Gasteiger partial charge in [0.25, 0.3) is 0 Å². The van der Waals surface area contributed by atoms with Crippen LogP contribution >= 0.6 is 0 Å². The Bertz CT molecular complexity index is 242. The second-order valence-electron chi connectivity index (χ2n) is 2.82. The fourth-order valence-electron chi connectivity index (χ4n) is 0.944. The van der Waals surface area contributed by atoms with Crippen molar-refractivity contribution in [2.45, 2.75) is 19.5 Å². The van der Waals surface area contributed by atoms with E-state index in [1.807, 2.05) is 0 Å². The molecule has 0 heterocycles. The normalized spacial score (nSPS) is 11.0. The number of carbonyl (C=O) groups is 2. The number of rotatable bonds is 3. The Morgan fingerprint density at radius 3 is 2.27 bits per heavy atom. The maximum Gasteiger partial charge on any atom is 0.406 e. The second-order valence-corrected chi connectivity index (χ2v) is 2.82. The van der Waals surface area contributed by atoms with Crippen LogP contribution in [0.5, 0.6) is 0 Å². The average molecular weight is 227 g/mol. The van der Waals surface area contributed by atoms with Gasteiger partial charge in [-0.2, -0.15) is 13.2 Å². The van der Waals surface area contributed by atoms with E-state index in [1.54, 1.807) is 6.92 Å². The van der Waals surface area contributed by atoms with Crippen molar-refractivity contribution in [1.29, 1.82) is 0 Å². The van der Waals surface area contributed by atoms with Crippen molar-refractivity contribution in [1.82, 2.24) is 10.3 Å². The molecule has 0 aliphatic heterocycles. The summed E-state index contributed by atoms with van der Waals surface area (Å²) in [5.74, 6) is 2.10. The van der Waals surface area contributed by atoms with Crippen LogP contribution in [0.25, 0.3) is 0 Å². The minimum atomic E-state index is -4.53. The van der Waals surface area contributed by atoms with Gasteiger partial charge in [0.05, 0.1) is 0 Å². The number of halogens is 3. The van der Waals surface area contributed by atoms with E-state index in [1.165, 1.54) is 5.43 Å². The van der Waals surface area contributed by atoms with Gasteiger partial charge < -0.3 is 4.90 Å². The molecule has 0 saturated carbocycles. The number of nitrogens with zero attached hydrogens (tertiary/aromatic N) is 1. The van der Waals surface area contributed by atoms with Crippen LogP contribution in [0.4, 0.5) is 13.2 Å². The van der Waals surface area contributed by atoms with Gasteiger partial charge in [-0.25, -0.2) is 5.84 Å². The lowest BCUT2D eigenvalue weighted by atomic mass is 10.3. The Balaban J connectivity index is 4.52. The predicted molar refractivity (Wildman–Crippen MR) is 45.3 cm³/mol. The summed E-state index contributed by atoms with van der Waals surface area (Å²) in [5.41, 5.74) is 1.49. The zero-order valence-corrected chi connectivity index (χ0v) is 8.10. The number of hydrogen-bond donors (Lipinski definition) is 2. The molecule has 0 saturated heterocycles. The van der Waals surface area contributed by atoms with Gasteiger partial charge >= 0.3 is 18.0 Å². The number of hydrogen-bond acceptors (Lipinski definition) is 3. The van der Waals surface area contributed by atoms with Gasteiger partial charge in [-0.1, -0.05) is 6.92 Å². The molecule has 5 nitrogen and oxygen atoms in total. The summed E-state index contributed by atoms with van der Waals surface area (Å²) in [6, 6.07) is 0. The monoisotopic (exact) mass is 227 g/mol. The third-order valence-corrected chi connectivity index (χ3v) is 1.48. The van der Waals surface area contributed by atoms with Crippen LogP contribution in [0, 0.1) is 0 Å². The van der Waals surface area contributed by atoms with Crippen molar-refractivity contribution < 1.29 is 22.8 Å². The van der Waals surface area contributed by atoms with E-state index < -0.39 is 24.5 Å². The molecule has 3 N–H and O–H groups in total. The first-order valence-electron chi connectivity index (χ1n) is 4.18. The molecular formula is C7H12F3N3O2. The Morgan fingerprint density at radius 2 is 1.93 bits per heavy atom. The Morgan fingerprint density at radius 1 is 1.40 bits per heavy atom.